The molecule has 2 fully saturated rings. The maximum absolute atomic E-state index is 11.4. The molecule has 2 saturated heterocycles. The van der Waals surface area contributed by atoms with Gasteiger partial charge < -0.3 is 14.4 Å². The first-order chi connectivity index (χ1) is 6.61. The number of likely N-dealkylation sites (tertiary alicyclic amines) is 1. The Bertz CT molecular complexity index is 233. The molecule has 14 heavy (non-hydrogen) atoms. The smallest absolute Gasteiger partial charge is 0.397 e. The number of carbonyl (C=O) groups excluding carboxylic acids is 1. The summed E-state index contributed by atoms with van der Waals surface area (Å²) in [7, 11) is 3.91. The number of amides is 1. The number of rotatable bonds is 0. The van der Waals surface area contributed by atoms with Crippen LogP contribution in [0.2, 0.25) is 0 Å². The van der Waals surface area contributed by atoms with E-state index in [9.17, 15) is 4.79 Å². The zero-order chi connectivity index (χ0) is 10.2. The summed E-state index contributed by atoms with van der Waals surface area (Å²) < 4.78 is 5.54. The molecule has 0 saturated carbocycles. The van der Waals surface area contributed by atoms with Crippen molar-refractivity contribution in [2.24, 2.45) is 0 Å². The van der Waals surface area contributed by atoms with Crippen LogP contribution in [0.4, 0.5) is 4.79 Å². The predicted molar refractivity (Wildman–Crippen MR) is 55.8 cm³/mol. The Hall–Kier alpha value is -0.705. The zero-order valence-corrected chi connectivity index (χ0v) is 8.95. The minimum atomic E-state index is -0.152. The monoisotopic (exact) mass is 196 g/mol. The summed E-state index contributed by atoms with van der Waals surface area (Å²) in [4.78, 5) is 15.4. The Morgan fingerprint density at radius 3 is 2.43 bits per heavy atom. The average molecular weight is 196 g/mol. The third-order valence-corrected chi connectivity index (χ3v) is 3.42. The highest BCUT2D eigenvalue weighted by molar-refractivity contribution is 6.12. The number of hydrogen-bond donors (Lipinski definition) is 0. The van der Waals surface area contributed by atoms with Gasteiger partial charge in [-0.05, 0) is 7.05 Å². The third kappa shape index (κ3) is 1.73. The molecule has 2 heterocycles. The largest absolute Gasteiger partial charge is 0.443 e. The van der Waals surface area contributed by atoms with E-state index in [-0.39, 0.29) is 11.7 Å². The van der Waals surface area contributed by atoms with E-state index in [2.05, 4.69) is 11.9 Å². The van der Waals surface area contributed by atoms with E-state index in [4.69, 9.17) is 4.74 Å². The molecule has 78 valence electrons. The lowest BCUT2D eigenvalue weighted by Gasteiger charge is -2.44. The van der Waals surface area contributed by atoms with Crippen LogP contribution >= 0.6 is 0 Å². The van der Waals surface area contributed by atoms with Crippen molar-refractivity contribution in [2.75, 3.05) is 26.7 Å². The van der Waals surface area contributed by atoms with Gasteiger partial charge in [-0.1, -0.05) is 0 Å². The van der Waals surface area contributed by atoms with Crippen molar-refractivity contribution in [3.8, 4) is 0 Å². The van der Waals surface area contributed by atoms with Crippen molar-refractivity contribution in [1.29, 1.82) is 0 Å². The summed E-state index contributed by atoms with van der Waals surface area (Å²) in [6.45, 7) is 2.91. The standard InChI is InChI=1S/C9H17BN2O2/c1-11-5-2-9(3-6-11)4-7-12(10)8(13)14-9/h2-7,10H2,1H3. The van der Waals surface area contributed by atoms with E-state index in [0.717, 1.165) is 38.9 Å². The molecular weight excluding hydrogens is 179 g/mol. The van der Waals surface area contributed by atoms with Gasteiger partial charge in [0.2, 0.25) is 7.98 Å². The topological polar surface area (TPSA) is 32.8 Å². The van der Waals surface area contributed by atoms with Crippen LogP contribution in [-0.2, 0) is 4.74 Å². The fraction of sp³-hybridized carbons (Fsp3) is 0.889. The van der Waals surface area contributed by atoms with Gasteiger partial charge in [0.1, 0.15) is 5.60 Å². The molecule has 0 bridgehead atoms. The zero-order valence-electron chi connectivity index (χ0n) is 8.95. The summed E-state index contributed by atoms with van der Waals surface area (Å²) in [5.74, 6) is 0. The van der Waals surface area contributed by atoms with E-state index in [0.29, 0.717) is 0 Å². The Kier molecular flexibility index (Phi) is 2.43. The van der Waals surface area contributed by atoms with Gasteiger partial charge in [0.05, 0.1) is 0 Å². The average Bonchev–Trinajstić information content (AvgIpc) is 2.18. The van der Waals surface area contributed by atoms with E-state index < -0.39 is 0 Å². The second-order valence-electron chi connectivity index (χ2n) is 4.53. The Morgan fingerprint density at radius 2 is 1.86 bits per heavy atom. The van der Waals surface area contributed by atoms with Gasteiger partial charge in [-0.3, -0.25) is 0 Å². The third-order valence-electron chi connectivity index (χ3n) is 3.42. The molecule has 2 rings (SSSR count). The van der Waals surface area contributed by atoms with Crippen LogP contribution in [0, 0.1) is 0 Å². The molecule has 0 radical (unpaired) electrons. The molecule has 1 spiro atoms. The molecule has 0 aromatic rings. The van der Waals surface area contributed by atoms with Crippen LogP contribution < -0.4 is 0 Å². The van der Waals surface area contributed by atoms with Crippen LogP contribution in [0.25, 0.3) is 0 Å². The fourth-order valence-electron chi connectivity index (χ4n) is 2.16. The molecule has 0 atom stereocenters. The molecule has 0 N–H and O–H groups in total. The predicted octanol–water partition coefficient (Wildman–Crippen LogP) is -0.159. The summed E-state index contributed by atoms with van der Waals surface area (Å²) >= 11 is 0. The number of carbonyl (C=O) groups is 1. The lowest BCUT2D eigenvalue weighted by Crippen LogP contribution is -2.53. The molecule has 0 unspecified atom stereocenters. The first-order valence-electron chi connectivity index (χ1n) is 5.24. The summed E-state index contributed by atoms with van der Waals surface area (Å²) in [5.41, 5.74) is -0.143. The van der Waals surface area contributed by atoms with Gasteiger partial charge in [-0.25, -0.2) is 4.79 Å². The summed E-state index contributed by atoms with van der Waals surface area (Å²) in [6, 6.07) is 0. The molecule has 1 amide bonds. The fourth-order valence-corrected chi connectivity index (χ4v) is 2.16. The quantitative estimate of drug-likeness (QED) is 0.505. The molecule has 0 aliphatic carbocycles. The first kappa shape index (κ1) is 9.83. The maximum atomic E-state index is 11.4. The number of hydrogen-bond acceptors (Lipinski definition) is 3. The van der Waals surface area contributed by atoms with Crippen molar-refractivity contribution < 1.29 is 9.53 Å². The van der Waals surface area contributed by atoms with Gasteiger partial charge >= 0.3 is 6.09 Å². The highest BCUT2D eigenvalue weighted by Gasteiger charge is 2.41. The SMILES string of the molecule is BN1CCC2(CCN(C)CC2)OC1=O. The molecule has 4 nitrogen and oxygen atoms in total. The van der Waals surface area contributed by atoms with Crippen molar-refractivity contribution >= 4 is 14.1 Å². The van der Waals surface area contributed by atoms with Crippen LogP contribution in [-0.4, -0.2) is 56.1 Å². The second kappa shape index (κ2) is 3.46. The lowest BCUT2D eigenvalue weighted by atomic mass is 9.86. The van der Waals surface area contributed by atoms with Gasteiger partial charge in [0.15, 0.2) is 0 Å². The van der Waals surface area contributed by atoms with E-state index in [1.165, 1.54) is 0 Å². The van der Waals surface area contributed by atoms with Crippen LogP contribution in [0.5, 0.6) is 0 Å². The normalized spacial score (nSPS) is 27.8. The number of ether oxygens (including phenoxy) is 1. The Morgan fingerprint density at radius 1 is 1.29 bits per heavy atom. The van der Waals surface area contributed by atoms with Gasteiger partial charge in [-0.15, -0.1) is 0 Å². The molecule has 2 aliphatic rings. The molecule has 2 aliphatic heterocycles. The minimum Gasteiger partial charge on any atom is -0.443 e. The Balaban J connectivity index is 2.00. The van der Waals surface area contributed by atoms with Crippen LogP contribution in [0.3, 0.4) is 0 Å². The van der Waals surface area contributed by atoms with Gasteiger partial charge in [0.25, 0.3) is 0 Å². The lowest BCUT2D eigenvalue weighted by molar-refractivity contribution is -0.0653. The number of nitrogens with zero attached hydrogens (tertiary/aromatic N) is 2. The highest BCUT2D eigenvalue weighted by atomic mass is 16.6. The molecular formula is C9H17BN2O2. The maximum Gasteiger partial charge on any atom is 0.397 e. The molecule has 0 aromatic heterocycles. The van der Waals surface area contributed by atoms with E-state index in [1.807, 2.05) is 0 Å². The van der Waals surface area contributed by atoms with Gasteiger partial charge in [0, 0.05) is 38.9 Å². The van der Waals surface area contributed by atoms with Gasteiger partial charge in [-0.2, -0.15) is 0 Å². The molecule has 5 heteroatoms. The first-order valence-corrected chi connectivity index (χ1v) is 5.24. The minimum absolute atomic E-state index is 0.143. The summed E-state index contributed by atoms with van der Waals surface area (Å²) in [6.07, 6.45) is 2.82. The van der Waals surface area contributed by atoms with E-state index >= 15 is 0 Å². The van der Waals surface area contributed by atoms with Crippen molar-refractivity contribution in [3.63, 3.8) is 0 Å². The van der Waals surface area contributed by atoms with Crippen molar-refractivity contribution in [3.05, 3.63) is 0 Å². The molecule has 0 aromatic carbocycles. The van der Waals surface area contributed by atoms with E-state index in [1.54, 1.807) is 12.8 Å². The highest BCUT2D eigenvalue weighted by Crippen LogP contribution is 2.32. The van der Waals surface area contributed by atoms with Crippen molar-refractivity contribution in [2.45, 2.75) is 24.9 Å². The van der Waals surface area contributed by atoms with Crippen LogP contribution in [0.1, 0.15) is 19.3 Å². The second-order valence-corrected chi connectivity index (χ2v) is 4.53. The summed E-state index contributed by atoms with van der Waals surface area (Å²) in [5, 5.41) is 0. The number of piperidine rings is 1. The van der Waals surface area contributed by atoms with Crippen molar-refractivity contribution in [1.82, 2.24) is 9.71 Å². The van der Waals surface area contributed by atoms with Crippen LogP contribution in [0.15, 0.2) is 0 Å². The Labute approximate surface area is 85.6 Å².